The topological polar surface area (TPSA) is 123 Å². The molecule has 0 fully saturated rings. The molecular weight excluding hydrogens is 458 g/mol. The van der Waals surface area contributed by atoms with Gasteiger partial charge >= 0.3 is 5.97 Å². The highest BCUT2D eigenvalue weighted by atomic mass is 32.2. The normalized spacial score (nSPS) is 15.6. The molecule has 1 atom stereocenters. The van der Waals surface area contributed by atoms with Crippen molar-refractivity contribution in [3.05, 3.63) is 84.4 Å². The molecule has 0 radical (unpaired) electrons. The molecule has 4 rings (SSSR count). The number of anilines is 1. The number of esters is 1. The number of fused-ring (bicyclic) bond motifs is 1. The molecule has 0 bridgehead atoms. The number of aliphatic imine (C=N–C) groups is 1. The van der Waals surface area contributed by atoms with Crippen molar-refractivity contribution in [3.63, 3.8) is 0 Å². The van der Waals surface area contributed by atoms with Crippen molar-refractivity contribution in [2.75, 3.05) is 11.9 Å². The van der Waals surface area contributed by atoms with E-state index in [0.29, 0.717) is 22.7 Å². The van der Waals surface area contributed by atoms with Crippen molar-refractivity contribution >= 4 is 33.4 Å². The fraction of sp³-hybridized carbons (Fsp3) is 0.125. The van der Waals surface area contributed by atoms with Gasteiger partial charge in [-0.05, 0) is 55.5 Å². The molecule has 10 heteroatoms. The van der Waals surface area contributed by atoms with Crippen LogP contribution in [0.2, 0.25) is 0 Å². The summed E-state index contributed by atoms with van der Waals surface area (Å²) in [6.07, 6.45) is -1.08. The molecule has 9 nitrogen and oxygen atoms in total. The molecule has 0 spiro atoms. The number of para-hydroxylation sites is 1. The number of nitrogens with zero attached hydrogens (tertiary/aromatic N) is 1. The maximum Gasteiger partial charge on any atom is 0.328 e. The van der Waals surface area contributed by atoms with Crippen molar-refractivity contribution in [2.24, 2.45) is 4.99 Å². The van der Waals surface area contributed by atoms with Crippen LogP contribution in [0.1, 0.15) is 12.5 Å². The van der Waals surface area contributed by atoms with Crippen molar-refractivity contribution in [3.8, 4) is 11.5 Å². The summed E-state index contributed by atoms with van der Waals surface area (Å²) in [6.45, 7) is 0.982. The third-order valence-electron chi connectivity index (χ3n) is 4.81. The van der Waals surface area contributed by atoms with Crippen LogP contribution in [0.3, 0.4) is 0 Å². The number of rotatable bonds is 7. The van der Waals surface area contributed by atoms with E-state index in [1.807, 2.05) is 30.3 Å². The van der Waals surface area contributed by atoms with Gasteiger partial charge in [0.25, 0.3) is 15.9 Å². The highest BCUT2D eigenvalue weighted by Crippen LogP contribution is 2.23. The van der Waals surface area contributed by atoms with Crippen LogP contribution >= 0.6 is 0 Å². The number of hydrogen-bond acceptors (Lipinski definition) is 7. The number of carbonyl (C=O) groups is 2. The van der Waals surface area contributed by atoms with Crippen LogP contribution in [0.5, 0.6) is 11.5 Å². The molecule has 1 aliphatic heterocycles. The number of nitrogens with one attached hydrogen (secondary N) is 2. The summed E-state index contributed by atoms with van der Waals surface area (Å²) in [5.41, 5.74) is 0.881. The largest absolute Gasteiger partial charge is 0.457 e. The lowest BCUT2D eigenvalue weighted by Gasteiger charge is -2.13. The molecule has 1 heterocycles. The van der Waals surface area contributed by atoms with E-state index in [9.17, 15) is 18.0 Å². The van der Waals surface area contributed by atoms with Gasteiger partial charge in [0.1, 0.15) is 23.9 Å². The van der Waals surface area contributed by atoms with Crippen LogP contribution in [0.25, 0.3) is 0 Å². The van der Waals surface area contributed by atoms with Crippen LogP contribution in [0.4, 0.5) is 5.69 Å². The summed E-state index contributed by atoms with van der Waals surface area (Å²) in [5.74, 6) is 0.0571. The number of benzene rings is 3. The summed E-state index contributed by atoms with van der Waals surface area (Å²) >= 11 is 0. The van der Waals surface area contributed by atoms with Crippen LogP contribution in [0, 0.1) is 0 Å². The second-order valence-corrected chi connectivity index (χ2v) is 8.98. The predicted molar refractivity (Wildman–Crippen MR) is 125 cm³/mol. The average molecular weight is 480 g/mol. The highest BCUT2D eigenvalue weighted by molar-refractivity contribution is 7.90. The minimum absolute atomic E-state index is 0.0578. The lowest BCUT2D eigenvalue weighted by Crippen LogP contribution is -2.31. The zero-order chi connectivity index (χ0) is 24.1. The molecule has 3 aromatic carbocycles. The van der Waals surface area contributed by atoms with Gasteiger partial charge in [-0.25, -0.2) is 8.42 Å². The van der Waals surface area contributed by atoms with E-state index >= 15 is 0 Å². The Morgan fingerprint density at radius 3 is 2.32 bits per heavy atom. The molecule has 3 aromatic rings. The number of carbonyl (C=O) groups excluding carboxylic acids is 2. The zero-order valence-corrected chi connectivity index (χ0v) is 18.9. The Morgan fingerprint density at radius 2 is 1.59 bits per heavy atom. The number of ether oxygens (including phenoxy) is 2. The molecule has 0 saturated carbocycles. The van der Waals surface area contributed by atoms with Crippen molar-refractivity contribution in [2.45, 2.75) is 17.9 Å². The van der Waals surface area contributed by atoms with E-state index in [2.05, 4.69) is 15.0 Å². The van der Waals surface area contributed by atoms with Crippen molar-refractivity contribution in [1.82, 2.24) is 4.72 Å². The Kier molecular flexibility index (Phi) is 6.60. The summed E-state index contributed by atoms with van der Waals surface area (Å²) in [4.78, 5) is 28.6. The lowest BCUT2D eigenvalue weighted by atomic mass is 10.2. The molecule has 0 aliphatic carbocycles. The van der Waals surface area contributed by atoms with Crippen LogP contribution in [-0.2, 0) is 24.3 Å². The maximum atomic E-state index is 12.4. The summed E-state index contributed by atoms with van der Waals surface area (Å²) in [5, 5.41) is 2.66. The maximum absolute atomic E-state index is 12.4. The fourth-order valence-corrected chi connectivity index (χ4v) is 4.41. The zero-order valence-electron chi connectivity index (χ0n) is 18.1. The van der Waals surface area contributed by atoms with Gasteiger partial charge in [-0.1, -0.05) is 30.3 Å². The Bertz CT molecular complexity index is 1340. The van der Waals surface area contributed by atoms with Crippen molar-refractivity contribution in [1.29, 1.82) is 0 Å². The number of sulfonamides is 1. The minimum Gasteiger partial charge on any atom is -0.457 e. The first-order valence-corrected chi connectivity index (χ1v) is 11.8. The smallest absolute Gasteiger partial charge is 0.328 e. The van der Waals surface area contributed by atoms with E-state index in [4.69, 9.17) is 9.47 Å². The molecule has 0 saturated heterocycles. The molecule has 34 heavy (non-hydrogen) atoms. The number of hydrogen-bond donors (Lipinski definition) is 2. The first-order chi connectivity index (χ1) is 16.3. The van der Waals surface area contributed by atoms with E-state index in [0.717, 1.165) is 0 Å². The molecule has 2 N–H and O–H groups in total. The third kappa shape index (κ3) is 5.41. The predicted octanol–water partition coefficient (Wildman–Crippen LogP) is 3.09. The number of amides is 1. The fourth-order valence-electron chi connectivity index (χ4n) is 3.16. The first-order valence-electron chi connectivity index (χ1n) is 10.3. The quantitative estimate of drug-likeness (QED) is 0.502. The van der Waals surface area contributed by atoms with Crippen LogP contribution in [0.15, 0.2) is 88.8 Å². The van der Waals surface area contributed by atoms with Crippen LogP contribution in [-0.4, -0.2) is 38.8 Å². The second kappa shape index (κ2) is 9.75. The molecule has 1 amide bonds. The van der Waals surface area contributed by atoms with Gasteiger partial charge in [-0.2, -0.15) is 0 Å². The Labute approximate surface area is 196 Å². The number of amidine groups is 1. The van der Waals surface area contributed by atoms with Gasteiger partial charge in [-0.3, -0.25) is 19.3 Å². The Hall–Kier alpha value is -4.18. The minimum atomic E-state index is -3.70. The standard InChI is InChI=1S/C24H21N3O6S/c1-16(24(29)26-17-11-13-19(14-12-17)33-18-7-3-2-4-8-18)32-22(28)15-25-23-20-9-5-6-10-21(20)34(30,31)27-23/h2-14,16H,15H2,1H3,(H,25,27)(H,26,29). The SMILES string of the molecule is CC(OC(=O)CN=C1NS(=O)(=O)c2ccccc21)C(=O)Nc1ccc(Oc2ccccc2)cc1. The molecule has 0 aromatic heterocycles. The van der Waals surface area contributed by atoms with Gasteiger partial charge in [0.05, 0.1) is 4.90 Å². The summed E-state index contributed by atoms with van der Waals surface area (Å²) in [6, 6.07) is 22.3. The van der Waals surface area contributed by atoms with Crippen LogP contribution < -0.4 is 14.8 Å². The van der Waals surface area contributed by atoms with E-state index in [1.165, 1.54) is 13.0 Å². The summed E-state index contributed by atoms with van der Waals surface area (Å²) < 4.78 is 37.3. The second-order valence-electron chi connectivity index (χ2n) is 7.33. The Balaban J connectivity index is 1.30. The first kappa shape index (κ1) is 23.0. The lowest BCUT2D eigenvalue weighted by molar-refractivity contribution is -0.151. The molecule has 174 valence electrons. The monoisotopic (exact) mass is 479 g/mol. The molecule has 1 unspecified atom stereocenters. The van der Waals surface area contributed by atoms with Gasteiger partial charge in [-0.15, -0.1) is 0 Å². The van der Waals surface area contributed by atoms with Crippen molar-refractivity contribution < 1.29 is 27.5 Å². The van der Waals surface area contributed by atoms with Gasteiger partial charge < -0.3 is 14.8 Å². The highest BCUT2D eigenvalue weighted by Gasteiger charge is 2.30. The summed E-state index contributed by atoms with van der Waals surface area (Å²) in [7, 11) is -3.70. The van der Waals surface area contributed by atoms with E-state index in [-0.39, 0.29) is 10.7 Å². The van der Waals surface area contributed by atoms with Gasteiger partial charge in [0.2, 0.25) is 0 Å². The van der Waals surface area contributed by atoms with E-state index < -0.39 is 34.5 Å². The average Bonchev–Trinajstić information content (AvgIpc) is 3.10. The molecule has 1 aliphatic rings. The van der Waals surface area contributed by atoms with Gasteiger partial charge in [0.15, 0.2) is 6.10 Å². The molecular formula is C24H21N3O6S. The third-order valence-corrected chi connectivity index (χ3v) is 6.20. The van der Waals surface area contributed by atoms with Gasteiger partial charge in [0, 0.05) is 11.3 Å². The Morgan fingerprint density at radius 1 is 0.941 bits per heavy atom. The van der Waals surface area contributed by atoms with E-state index in [1.54, 1.807) is 42.5 Å².